The fourth-order valence-corrected chi connectivity index (χ4v) is 1.79. The number of hydrogen-bond acceptors (Lipinski definition) is 2. The summed E-state index contributed by atoms with van der Waals surface area (Å²) < 4.78 is 5.59. The van der Waals surface area contributed by atoms with Crippen LogP contribution in [-0.2, 0) is 6.42 Å². The van der Waals surface area contributed by atoms with Crippen molar-refractivity contribution in [1.82, 2.24) is 0 Å². The monoisotopic (exact) mass is 218 g/mol. The lowest BCUT2D eigenvalue weighted by atomic mass is 10.1. The number of hydrogen-bond donors (Lipinski definition) is 1. The first-order valence-electron chi connectivity index (χ1n) is 5.32. The summed E-state index contributed by atoms with van der Waals surface area (Å²) in [6.07, 6.45) is 0.827. The number of aromatic carboxylic acids is 1. The molecule has 2 rings (SSSR count). The summed E-state index contributed by atoms with van der Waals surface area (Å²) in [5.41, 5.74) is 0.707. The predicted molar refractivity (Wildman–Crippen MR) is 61.7 cm³/mol. The number of fused-ring (bicyclic) bond motifs is 1. The number of carboxylic acids is 1. The third kappa shape index (κ3) is 1.94. The van der Waals surface area contributed by atoms with E-state index in [0.29, 0.717) is 11.5 Å². The van der Waals surface area contributed by atoms with Gasteiger partial charge in [-0.3, -0.25) is 0 Å². The lowest BCUT2D eigenvalue weighted by Crippen LogP contribution is -1.95. The van der Waals surface area contributed by atoms with Gasteiger partial charge in [0.1, 0.15) is 16.9 Å². The lowest BCUT2D eigenvalue weighted by molar-refractivity contribution is 0.0698. The highest BCUT2D eigenvalue weighted by atomic mass is 16.4. The molecule has 2 aromatic rings. The first-order valence-corrected chi connectivity index (χ1v) is 5.32. The summed E-state index contributed by atoms with van der Waals surface area (Å²) in [7, 11) is 0. The molecule has 3 heteroatoms. The number of carbonyl (C=O) groups is 1. The van der Waals surface area contributed by atoms with E-state index in [2.05, 4.69) is 13.8 Å². The Bertz CT molecular complexity index is 523. The van der Waals surface area contributed by atoms with Crippen LogP contribution in [0.4, 0.5) is 0 Å². The van der Waals surface area contributed by atoms with Crippen molar-refractivity contribution in [2.24, 2.45) is 5.92 Å². The van der Waals surface area contributed by atoms with Crippen LogP contribution >= 0.6 is 0 Å². The second-order valence-electron chi connectivity index (χ2n) is 4.34. The zero-order valence-electron chi connectivity index (χ0n) is 9.36. The van der Waals surface area contributed by atoms with E-state index in [9.17, 15) is 4.79 Å². The molecule has 16 heavy (non-hydrogen) atoms. The Morgan fingerprint density at radius 2 is 2.19 bits per heavy atom. The van der Waals surface area contributed by atoms with Crippen molar-refractivity contribution in [2.45, 2.75) is 20.3 Å². The molecule has 84 valence electrons. The third-order valence-corrected chi connectivity index (χ3v) is 2.43. The van der Waals surface area contributed by atoms with E-state index in [4.69, 9.17) is 9.52 Å². The molecule has 0 fully saturated rings. The van der Waals surface area contributed by atoms with Crippen LogP contribution in [0.5, 0.6) is 0 Å². The molecule has 1 N–H and O–H groups in total. The summed E-state index contributed by atoms with van der Waals surface area (Å²) in [4.78, 5) is 11.0. The van der Waals surface area contributed by atoms with Gasteiger partial charge < -0.3 is 9.52 Å². The van der Waals surface area contributed by atoms with Gasteiger partial charge in [-0.2, -0.15) is 0 Å². The number of para-hydroxylation sites is 1. The van der Waals surface area contributed by atoms with Crippen LogP contribution < -0.4 is 0 Å². The van der Waals surface area contributed by atoms with Gasteiger partial charge in [0, 0.05) is 11.8 Å². The Morgan fingerprint density at radius 3 is 2.81 bits per heavy atom. The van der Waals surface area contributed by atoms with Crippen molar-refractivity contribution >= 4 is 16.9 Å². The molecule has 0 atom stereocenters. The zero-order valence-corrected chi connectivity index (χ0v) is 9.36. The van der Waals surface area contributed by atoms with E-state index in [-0.39, 0.29) is 5.56 Å². The van der Waals surface area contributed by atoms with E-state index in [0.717, 1.165) is 17.6 Å². The molecule has 0 unspecified atom stereocenters. The molecule has 1 heterocycles. The van der Waals surface area contributed by atoms with Crippen LogP contribution in [0.15, 0.2) is 28.7 Å². The molecule has 1 aromatic heterocycles. The minimum absolute atomic E-state index is 0.229. The number of carboxylic acid groups (broad SMARTS) is 1. The maximum Gasteiger partial charge on any atom is 0.339 e. The highest BCUT2D eigenvalue weighted by Crippen LogP contribution is 2.24. The molecule has 0 bridgehead atoms. The van der Waals surface area contributed by atoms with Crippen LogP contribution in [0.25, 0.3) is 11.0 Å². The number of benzene rings is 1. The van der Waals surface area contributed by atoms with E-state index in [1.54, 1.807) is 12.1 Å². The number of furan rings is 1. The zero-order chi connectivity index (χ0) is 11.7. The van der Waals surface area contributed by atoms with Gasteiger partial charge in [-0.25, -0.2) is 4.79 Å². The van der Waals surface area contributed by atoms with Crippen LogP contribution in [0.1, 0.15) is 30.0 Å². The van der Waals surface area contributed by atoms with Gasteiger partial charge in [0.15, 0.2) is 0 Å². The first-order chi connectivity index (χ1) is 7.58. The topological polar surface area (TPSA) is 50.4 Å². The summed E-state index contributed by atoms with van der Waals surface area (Å²) in [5.74, 6) is 0.392. The molecular formula is C13H14O3. The quantitative estimate of drug-likeness (QED) is 0.859. The average Bonchev–Trinajstić information content (AvgIpc) is 2.57. The van der Waals surface area contributed by atoms with Crippen molar-refractivity contribution in [3.63, 3.8) is 0 Å². The van der Waals surface area contributed by atoms with Crippen molar-refractivity contribution < 1.29 is 14.3 Å². The second-order valence-corrected chi connectivity index (χ2v) is 4.34. The Kier molecular flexibility index (Phi) is 2.69. The van der Waals surface area contributed by atoms with Gasteiger partial charge in [0.2, 0.25) is 0 Å². The van der Waals surface area contributed by atoms with Crippen LogP contribution in [-0.4, -0.2) is 11.1 Å². The molecule has 0 saturated carbocycles. The Morgan fingerprint density at radius 1 is 1.44 bits per heavy atom. The predicted octanol–water partition coefficient (Wildman–Crippen LogP) is 3.33. The van der Waals surface area contributed by atoms with E-state index in [1.165, 1.54) is 0 Å². The van der Waals surface area contributed by atoms with E-state index in [1.807, 2.05) is 12.1 Å². The Labute approximate surface area is 93.7 Å². The summed E-state index contributed by atoms with van der Waals surface area (Å²) >= 11 is 0. The largest absolute Gasteiger partial charge is 0.478 e. The molecule has 0 aliphatic heterocycles. The minimum Gasteiger partial charge on any atom is -0.478 e. The second kappa shape index (κ2) is 4.00. The smallest absolute Gasteiger partial charge is 0.339 e. The van der Waals surface area contributed by atoms with Gasteiger partial charge >= 0.3 is 5.97 Å². The summed E-state index contributed by atoms with van der Waals surface area (Å²) in [5, 5.41) is 9.87. The summed E-state index contributed by atoms with van der Waals surface area (Å²) in [6.45, 7) is 4.20. The molecule has 0 amide bonds. The molecule has 1 aromatic carbocycles. The van der Waals surface area contributed by atoms with Crippen molar-refractivity contribution in [3.05, 3.63) is 35.6 Å². The normalized spacial score (nSPS) is 11.2. The van der Waals surface area contributed by atoms with Gasteiger partial charge in [-0.15, -0.1) is 0 Å². The molecular weight excluding hydrogens is 204 g/mol. The third-order valence-electron chi connectivity index (χ3n) is 2.43. The molecule has 0 aliphatic carbocycles. The molecule has 0 saturated heterocycles. The SMILES string of the molecule is CC(C)Cc1cc2cccc(C(=O)O)c2o1. The molecule has 0 radical (unpaired) electrons. The molecule has 0 aliphatic rings. The average molecular weight is 218 g/mol. The van der Waals surface area contributed by atoms with Gasteiger partial charge in [-0.05, 0) is 18.1 Å². The van der Waals surface area contributed by atoms with Crippen molar-refractivity contribution in [1.29, 1.82) is 0 Å². The van der Waals surface area contributed by atoms with Gasteiger partial charge in [-0.1, -0.05) is 26.0 Å². The Balaban J connectivity index is 2.52. The van der Waals surface area contributed by atoms with Crippen LogP contribution in [0, 0.1) is 5.92 Å². The fraction of sp³-hybridized carbons (Fsp3) is 0.308. The highest BCUT2D eigenvalue weighted by molar-refractivity contribution is 6.01. The maximum atomic E-state index is 11.0. The first kappa shape index (κ1) is 10.7. The van der Waals surface area contributed by atoms with E-state index < -0.39 is 5.97 Å². The number of rotatable bonds is 3. The van der Waals surface area contributed by atoms with Crippen LogP contribution in [0.2, 0.25) is 0 Å². The molecule has 3 nitrogen and oxygen atoms in total. The minimum atomic E-state index is -0.948. The highest BCUT2D eigenvalue weighted by Gasteiger charge is 2.13. The van der Waals surface area contributed by atoms with Gasteiger partial charge in [0.25, 0.3) is 0 Å². The fourth-order valence-electron chi connectivity index (χ4n) is 1.79. The van der Waals surface area contributed by atoms with Gasteiger partial charge in [0.05, 0.1) is 0 Å². The van der Waals surface area contributed by atoms with Crippen molar-refractivity contribution in [3.8, 4) is 0 Å². The van der Waals surface area contributed by atoms with Crippen molar-refractivity contribution in [2.75, 3.05) is 0 Å². The summed E-state index contributed by atoms with van der Waals surface area (Å²) in [6, 6.07) is 7.09. The Hall–Kier alpha value is -1.77. The maximum absolute atomic E-state index is 11.0. The molecule has 0 spiro atoms. The standard InChI is InChI=1S/C13H14O3/c1-8(2)6-10-7-9-4-3-5-11(13(14)15)12(9)16-10/h3-5,7-8H,6H2,1-2H3,(H,14,15). The van der Waals surface area contributed by atoms with Crippen LogP contribution in [0.3, 0.4) is 0 Å². The van der Waals surface area contributed by atoms with E-state index >= 15 is 0 Å². The lowest BCUT2D eigenvalue weighted by Gasteiger charge is -1.99.